The molecule has 0 radical (unpaired) electrons. The fourth-order valence-corrected chi connectivity index (χ4v) is 3.65. The number of aromatic amines is 1. The summed E-state index contributed by atoms with van der Waals surface area (Å²) in [7, 11) is 1.87. The molecule has 146 valence electrons. The summed E-state index contributed by atoms with van der Waals surface area (Å²) in [6.45, 7) is 3.94. The Kier molecular flexibility index (Phi) is 6.72. The summed E-state index contributed by atoms with van der Waals surface area (Å²) in [5.74, 6) is -0.139. The summed E-state index contributed by atoms with van der Waals surface area (Å²) < 4.78 is 4.78. The molecule has 0 spiro atoms. The number of H-pyrrole nitrogens is 1. The Hall–Kier alpha value is -2.35. The zero-order chi connectivity index (χ0) is 20.1. The Morgan fingerprint density at radius 3 is 2.75 bits per heavy atom. The molecule has 1 aromatic carbocycles. The van der Waals surface area contributed by atoms with Gasteiger partial charge < -0.3 is 5.32 Å². The fraction of sp³-hybridized carbons (Fsp3) is 0.250. The summed E-state index contributed by atoms with van der Waals surface area (Å²) in [6, 6.07) is 11.3. The first-order valence-electron chi connectivity index (χ1n) is 9.00. The standard InChI is InChI=1S/C20H22ClN5OS/c1-4-18(14-9-10-23-19(11-14)28-22-3)25-20(27)17-12-24-26(13(17)2)16-7-5-15(21)6-8-16/h5-12,18,22H,4H2,1-3H3,(H,25,27)/p+1/t18-/m0/s1. The number of rotatable bonds is 7. The van der Waals surface area contributed by atoms with Crippen molar-refractivity contribution in [1.82, 2.24) is 19.8 Å². The van der Waals surface area contributed by atoms with E-state index in [1.807, 2.05) is 44.4 Å². The number of pyridine rings is 1. The number of benzene rings is 1. The first kappa shape index (κ1) is 20.4. The van der Waals surface area contributed by atoms with Gasteiger partial charge in [0.25, 0.3) is 10.9 Å². The predicted octanol–water partition coefficient (Wildman–Crippen LogP) is 3.76. The molecular weight excluding hydrogens is 394 g/mol. The second-order valence-electron chi connectivity index (χ2n) is 6.26. The van der Waals surface area contributed by atoms with E-state index in [9.17, 15) is 4.79 Å². The summed E-state index contributed by atoms with van der Waals surface area (Å²) in [6.07, 6.45) is 4.27. The van der Waals surface area contributed by atoms with Gasteiger partial charge in [-0.1, -0.05) is 18.5 Å². The highest BCUT2D eigenvalue weighted by Gasteiger charge is 2.20. The highest BCUT2D eigenvalue weighted by atomic mass is 35.5. The predicted molar refractivity (Wildman–Crippen MR) is 112 cm³/mol. The molecule has 28 heavy (non-hydrogen) atoms. The molecule has 2 heterocycles. The van der Waals surface area contributed by atoms with Crippen LogP contribution in [0.4, 0.5) is 0 Å². The molecule has 6 nitrogen and oxygen atoms in total. The van der Waals surface area contributed by atoms with E-state index in [-0.39, 0.29) is 11.9 Å². The number of halogens is 1. The number of aromatic nitrogens is 3. The highest BCUT2D eigenvalue weighted by Crippen LogP contribution is 2.21. The van der Waals surface area contributed by atoms with Crippen molar-refractivity contribution < 1.29 is 9.78 Å². The molecule has 0 fully saturated rings. The van der Waals surface area contributed by atoms with E-state index in [1.54, 1.807) is 23.0 Å². The smallest absolute Gasteiger partial charge is 0.255 e. The maximum Gasteiger partial charge on any atom is 0.255 e. The second kappa shape index (κ2) is 9.23. The van der Waals surface area contributed by atoms with E-state index in [0.29, 0.717) is 10.6 Å². The van der Waals surface area contributed by atoms with Gasteiger partial charge in [-0.25, -0.2) is 9.67 Å². The van der Waals surface area contributed by atoms with Crippen LogP contribution in [0.15, 0.2) is 53.8 Å². The first-order valence-corrected chi connectivity index (χ1v) is 10.2. The minimum absolute atomic E-state index is 0.0865. The van der Waals surface area contributed by atoms with Crippen LogP contribution in [0.1, 0.15) is 41.0 Å². The van der Waals surface area contributed by atoms with Crippen LogP contribution in [0.3, 0.4) is 0 Å². The van der Waals surface area contributed by atoms with Gasteiger partial charge in [0, 0.05) is 29.1 Å². The third-order valence-electron chi connectivity index (χ3n) is 4.45. The van der Waals surface area contributed by atoms with Crippen LogP contribution < -0.4 is 15.0 Å². The van der Waals surface area contributed by atoms with Crippen LogP contribution in [0.2, 0.25) is 5.02 Å². The van der Waals surface area contributed by atoms with Gasteiger partial charge in [-0.3, -0.25) is 9.52 Å². The molecule has 2 aromatic heterocycles. The van der Waals surface area contributed by atoms with E-state index >= 15 is 0 Å². The Bertz CT molecular complexity index is 957. The molecule has 0 saturated carbocycles. The lowest BCUT2D eigenvalue weighted by Gasteiger charge is -2.17. The molecule has 1 amide bonds. The third kappa shape index (κ3) is 4.55. The van der Waals surface area contributed by atoms with Gasteiger partial charge in [-0.05, 0) is 50.2 Å². The van der Waals surface area contributed by atoms with E-state index < -0.39 is 0 Å². The van der Waals surface area contributed by atoms with Crippen molar-refractivity contribution in [2.75, 3.05) is 7.05 Å². The molecule has 3 N–H and O–H groups in total. The number of carbonyl (C=O) groups excluding carboxylic acids is 1. The quantitative estimate of drug-likeness (QED) is 0.575. The molecule has 3 aromatic rings. The second-order valence-corrected chi connectivity index (χ2v) is 7.75. The van der Waals surface area contributed by atoms with Crippen molar-refractivity contribution >= 4 is 29.5 Å². The lowest BCUT2D eigenvalue weighted by molar-refractivity contribution is -0.426. The lowest BCUT2D eigenvalue weighted by atomic mass is 10.1. The molecular formula is C20H23ClN5OS+. The minimum atomic E-state index is -0.139. The molecule has 0 aliphatic carbocycles. The number of amides is 1. The number of hydrogen-bond acceptors (Lipinski definition) is 4. The molecule has 0 unspecified atom stereocenters. The van der Waals surface area contributed by atoms with Crippen molar-refractivity contribution in [3.63, 3.8) is 0 Å². The zero-order valence-corrected chi connectivity index (χ0v) is 17.6. The van der Waals surface area contributed by atoms with Gasteiger partial charge in [0.15, 0.2) is 6.20 Å². The minimum Gasteiger partial charge on any atom is -0.345 e. The third-order valence-corrected chi connectivity index (χ3v) is 5.36. The maximum absolute atomic E-state index is 12.9. The average Bonchev–Trinajstić information content (AvgIpc) is 3.08. The Morgan fingerprint density at radius 2 is 2.07 bits per heavy atom. The zero-order valence-electron chi connectivity index (χ0n) is 16.0. The van der Waals surface area contributed by atoms with Gasteiger partial charge in [0.1, 0.15) is 0 Å². The highest BCUT2D eigenvalue weighted by molar-refractivity contribution is 7.97. The largest absolute Gasteiger partial charge is 0.345 e. The van der Waals surface area contributed by atoms with Crippen LogP contribution >= 0.6 is 23.5 Å². The summed E-state index contributed by atoms with van der Waals surface area (Å²) in [5, 5.41) is 9.15. The van der Waals surface area contributed by atoms with E-state index in [4.69, 9.17) is 11.6 Å². The summed E-state index contributed by atoms with van der Waals surface area (Å²) in [5.41, 5.74) is 3.25. The van der Waals surface area contributed by atoms with Crippen LogP contribution in [0, 0.1) is 6.92 Å². The number of nitrogens with one attached hydrogen (secondary N) is 3. The number of carbonyl (C=O) groups is 1. The molecule has 0 aliphatic rings. The summed E-state index contributed by atoms with van der Waals surface area (Å²) in [4.78, 5) is 16.1. The molecule has 8 heteroatoms. The SMILES string of the molecule is CC[C@H](NC(=O)c1cnn(-c2ccc(Cl)cc2)c1C)c1cc[nH+]c(SNC)c1. The van der Waals surface area contributed by atoms with Gasteiger partial charge in [-0.2, -0.15) is 5.10 Å². The van der Waals surface area contributed by atoms with Crippen molar-refractivity contribution in [3.05, 3.63) is 70.6 Å². The molecule has 0 saturated heterocycles. The first-order chi connectivity index (χ1) is 13.5. The van der Waals surface area contributed by atoms with Crippen molar-refractivity contribution in [1.29, 1.82) is 0 Å². The monoisotopic (exact) mass is 416 g/mol. The van der Waals surface area contributed by atoms with Gasteiger partial charge in [-0.15, -0.1) is 0 Å². The topological polar surface area (TPSA) is 73.1 Å². The Morgan fingerprint density at radius 1 is 1.32 bits per heavy atom. The van der Waals surface area contributed by atoms with Gasteiger partial charge in [0.2, 0.25) is 0 Å². The Balaban J connectivity index is 1.80. The number of nitrogens with zero attached hydrogens (tertiary/aromatic N) is 2. The van der Waals surface area contributed by atoms with E-state index in [1.165, 1.54) is 11.9 Å². The molecule has 1 atom stereocenters. The van der Waals surface area contributed by atoms with Crippen molar-refractivity contribution in [2.24, 2.45) is 0 Å². The van der Waals surface area contributed by atoms with Crippen molar-refractivity contribution in [3.8, 4) is 5.69 Å². The van der Waals surface area contributed by atoms with Crippen LogP contribution in [0.25, 0.3) is 5.69 Å². The van der Waals surface area contributed by atoms with Crippen LogP contribution in [-0.4, -0.2) is 22.7 Å². The van der Waals surface area contributed by atoms with Gasteiger partial charge in [0.05, 0.1) is 29.2 Å². The Labute approximate surface area is 173 Å². The van der Waals surface area contributed by atoms with Gasteiger partial charge >= 0.3 is 0 Å². The maximum atomic E-state index is 12.9. The van der Waals surface area contributed by atoms with E-state index in [0.717, 1.165) is 28.4 Å². The van der Waals surface area contributed by atoms with E-state index in [2.05, 4.69) is 27.0 Å². The molecule has 3 rings (SSSR count). The van der Waals surface area contributed by atoms with Crippen molar-refractivity contribution in [2.45, 2.75) is 31.3 Å². The molecule has 0 bridgehead atoms. The fourth-order valence-electron chi connectivity index (χ4n) is 2.98. The number of hydrogen-bond donors (Lipinski definition) is 2. The normalized spacial score (nSPS) is 12.0. The summed E-state index contributed by atoms with van der Waals surface area (Å²) >= 11 is 7.45. The lowest BCUT2D eigenvalue weighted by Crippen LogP contribution is -2.29. The average molecular weight is 417 g/mol. The van der Waals surface area contributed by atoms with Crippen LogP contribution in [-0.2, 0) is 0 Å². The molecule has 0 aliphatic heterocycles. The van der Waals surface area contributed by atoms with Crippen LogP contribution in [0.5, 0.6) is 0 Å².